The SMILES string of the molecule is CCc1ccc([C@H]2CC[C@H](C=CC#Cc3ccc(F)cc3)CC2)cc1. The maximum atomic E-state index is 12.8. The number of hydrogen-bond acceptors (Lipinski definition) is 0. The van der Waals surface area contributed by atoms with E-state index in [9.17, 15) is 4.39 Å². The molecule has 2 aromatic rings. The fraction of sp³-hybridized carbons (Fsp3) is 0.333. The summed E-state index contributed by atoms with van der Waals surface area (Å²) in [5.74, 6) is 7.25. The molecule has 0 aliphatic heterocycles. The van der Waals surface area contributed by atoms with Crippen LogP contribution in [0.15, 0.2) is 60.7 Å². The minimum atomic E-state index is -0.220. The van der Waals surface area contributed by atoms with Gasteiger partial charge in [-0.05, 0) is 85.4 Å². The van der Waals surface area contributed by atoms with Gasteiger partial charge in [-0.3, -0.25) is 0 Å². The molecule has 0 bridgehead atoms. The first-order valence-corrected chi connectivity index (χ1v) is 9.27. The van der Waals surface area contributed by atoms with Gasteiger partial charge in [0.25, 0.3) is 0 Å². The Morgan fingerprint density at radius 1 is 0.960 bits per heavy atom. The van der Waals surface area contributed by atoms with E-state index in [1.807, 2.05) is 6.08 Å². The van der Waals surface area contributed by atoms with Crippen LogP contribution in [-0.2, 0) is 6.42 Å². The minimum absolute atomic E-state index is 0.220. The second-order valence-corrected chi connectivity index (χ2v) is 6.84. The van der Waals surface area contributed by atoms with Crippen LogP contribution < -0.4 is 0 Å². The lowest BCUT2D eigenvalue weighted by molar-refractivity contribution is 0.376. The van der Waals surface area contributed by atoms with Crippen molar-refractivity contribution in [3.63, 3.8) is 0 Å². The quantitative estimate of drug-likeness (QED) is 0.581. The smallest absolute Gasteiger partial charge is 0.123 e. The van der Waals surface area contributed by atoms with Gasteiger partial charge in [0.2, 0.25) is 0 Å². The summed E-state index contributed by atoms with van der Waals surface area (Å²) in [6, 6.07) is 15.5. The summed E-state index contributed by atoms with van der Waals surface area (Å²) in [5, 5.41) is 0. The lowest BCUT2D eigenvalue weighted by Crippen LogP contribution is -2.11. The summed E-state index contributed by atoms with van der Waals surface area (Å²) in [7, 11) is 0. The van der Waals surface area contributed by atoms with Crippen LogP contribution >= 0.6 is 0 Å². The molecule has 2 aromatic carbocycles. The van der Waals surface area contributed by atoms with Crippen molar-refractivity contribution >= 4 is 0 Å². The molecule has 0 spiro atoms. The van der Waals surface area contributed by atoms with Crippen molar-refractivity contribution in [2.45, 2.75) is 44.9 Å². The second kappa shape index (κ2) is 8.67. The summed E-state index contributed by atoms with van der Waals surface area (Å²) >= 11 is 0. The summed E-state index contributed by atoms with van der Waals surface area (Å²) in [6.45, 7) is 2.20. The van der Waals surface area contributed by atoms with Gasteiger partial charge in [-0.2, -0.15) is 0 Å². The molecule has 0 heterocycles. The van der Waals surface area contributed by atoms with Gasteiger partial charge in [0, 0.05) is 5.56 Å². The van der Waals surface area contributed by atoms with Crippen LogP contribution in [0.1, 0.15) is 55.2 Å². The zero-order chi connectivity index (χ0) is 17.5. The summed E-state index contributed by atoms with van der Waals surface area (Å²) < 4.78 is 12.8. The molecule has 1 saturated carbocycles. The predicted molar refractivity (Wildman–Crippen MR) is 103 cm³/mol. The number of aryl methyl sites for hydroxylation is 1. The first-order valence-electron chi connectivity index (χ1n) is 9.27. The van der Waals surface area contributed by atoms with E-state index >= 15 is 0 Å². The molecule has 0 N–H and O–H groups in total. The van der Waals surface area contributed by atoms with Gasteiger partial charge in [-0.1, -0.05) is 49.1 Å². The van der Waals surface area contributed by atoms with Gasteiger partial charge in [0.1, 0.15) is 5.82 Å². The van der Waals surface area contributed by atoms with Crippen molar-refractivity contribution in [1.29, 1.82) is 0 Å². The fourth-order valence-corrected chi connectivity index (χ4v) is 3.51. The van der Waals surface area contributed by atoms with Crippen LogP contribution in [0, 0.1) is 23.6 Å². The van der Waals surface area contributed by atoms with Crippen LogP contribution in [0.4, 0.5) is 4.39 Å². The Hall–Kier alpha value is -2.33. The van der Waals surface area contributed by atoms with Crippen LogP contribution in [0.2, 0.25) is 0 Å². The molecule has 1 fully saturated rings. The Labute approximate surface area is 150 Å². The van der Waals surface area contributed by atoms with E-state index in [4.69, 9.17) is 0 Å². The van der Waals surface area contributed by atoms with Gasteiger partial charge < -0.3 is 0 Å². The number of allylic oxidation sites excluding steroid dienone is 2. The fourth-order valence-electron chi connectivity index (χ4n) is 3.51. The van der Waals surface area contributed by atoms with Gasteiger partial charge in [0.15, 0.2) is 0 Å². The number of hydrogen-bond donors (Lipinski definition) is 0. The van der Waals surface area contributed by atoms with Crippen LogP contribution in [0.3, 0.4) is 0 Å². The van der Waals surface area contributed by atoms with E-state index < -0.39 is 0 Å². The van der Waals surface area contributed by atoms with E-state index in [0.717, 1.165) is 12.0 Å². The molecule has 25 heavy (non-hydrogen) atoms. The lowest BCUT2D eigenvalue weighted by atomic mass is 9.78. The van der Waals surface area contributed by atoms with Crippen LogP contribution in [0.25, 0.3) is 0 Å². The van der Waals surface area contributed by atoms with Gasteiger partial charge >= 0.3 is 0 Å². The first-order chi connectivity index (χ1) is 12.2. The molecule has 0 atom stereocenters. The highest BCUT2D eigenvalue weighted by atomic mass is 19.1. The highest BCUT2D eigenvalue weighted by Crippen LogP contribution is 2.36. The van der Waals surface area contributed by atoms with Crippen molar-refractivity contribution in [3.05, 3.63) is 83.2 Å². The Morgan fingerprint density at radius 2 is 1.64 bits per heavy atom. The normalized spacial score (nSPS) is 20.2. The summed E-state index contributed by atoms with van der Waals surface area (Å²) in [4.78, 5) is 0. The molecule has 0 saturated heterocycles. The molecular formula is C24H25F. The number of halogens is 1. The first kappa shape index (κ1) is 17.5. The van der Waals surface area contributed by atoms with E-state index in [-0.39, 0.29) is 5.82 Å². The van der Waals surface area contributed by atoms with Gasteiger partial charge in [-0.25, -0.2) is 4.39 Å². The topological polar surface area (TPSA) is 0 Å². The van der Waals surface area contributed by atoms with Crippen molar-refractivity contribution < 1.29 is 4.39 Å². The molecule has 1 aliphatic carbocycles. The third-order valence-electron chi connectivity index (χ3n) is 5.14. The lowest BCUT2D eigenvalue weighted by Gasteiger charge is -2.27. The molecular weight excluding hydrogens is 307 g/mol. The standard InChI is InChI=1S/C24H25F/c1-2-19-7-13-22(14-8-19)23-15-9-20(10-16-23)5-3-4-6-21-11-17-24(25)18-12-21/h3,5,7-8,11-14,17-18,20,23H,2,9-10,15-16H2,1H3/t20-,23-. The second-order valence-electron chi connectivity index (χ2n) is 6.84. The largest absolute Gasteiger partial charge is 0.207 e. The van der Waals surface area contributed by atoms with Crippen molar-refractivity contribution in [1.82, 2.24) is 0 Å². The molecule has 0 unspecified atom stereocenters. The predicted octanol–water partition coefficient (Wildman–Crippen LogP) is 6.27. The van der Waals surface area contributed by atoms with E-state index in [2.05, 4.69) is 49.1 Å². The highest BCUT2D eigenvalue weighted by Gasteiger charge is 2.20. The number of benzene rings is 2. The van der Waals surface area contributed by atoms with Crippen molar-refractivity contribution in [3.8, 4) is 11.8 Å². The van der Waals surface area contributed by atoms with Gasteiger partial charge in [0.05, 0.1) is 0 Å². The zero-order valence-electron chi connectivity index (χ0n) is 14.8. The van der Waals surface area contributed by atoms with E-state index in [1.165, 1.54) is 48.9 Å². The molecule has 0 aromatic heterocycles. The van der Waals surface area contributed by atoms with E-state index in [1.54, 1.807) is 12.1 Å². The third kappa shape index (κ3) is 5.07. The molecule has 0 nitrogen and oxygen atoms in total. The van der Waals surface area contributed by atoms with Crippen molar-refractivity contribution in [2.24, 2.45) is 5.92 Å². The third-order valence-corrected chi connectivity index (χ3v) is 5.14. The maximum absolute atomic E-state index is 12.8. The van der Waals surface area contributed by atoms with Crippen molar-refractivity contribution in [2.75, 3.05) is 0 Å². The Kier molecular flexibility index (Phi) is 6.07. The maximum Gasteiger partial charge on any atom is 0.123 e. The molecule has 1 heteroatoms. The molecule has 128 valence electrons. The molecule has 0 radical (unpaired) electrons. The molecule has 1 aliphatic rings. The van der Waals surface area contributed by atoms with Gasteiger partial charge in [-0.15, -0.1) is 0 Å². The number of rotatable bonds is 3. The summed E-state index contributed by atoms with van der Waals surface area (Å²) in [6.07, 6.45) is 10.3. The van der Waals surface area contributed by atoms with E-state index in [0.29, 0.717) is 11.8 Å². The average Bonchev–Trinajstić information content (AvgIpc) is 2.67. The molecule has 3 rings (SSSR count). The zero-order valence-corrected chi connectivity index (χ0v) is 14.8. The Bertz CT molecular complexity index is 748. The Balaban J connectivity index is 1.49. The molecule has 0 amide bonds. The Morgan fingerprint density at radius 3 is 2.28 bits per heavy atom. The monoisotopic (exact) mass is 332 g/mol. The average molecular weight is 332 g/mol. The van der Waals surface area contributed by atoms with Crippen LogP contribution in [0.5, 0.6) is 0 Å². The highest BCUT2D eigenvalue weighted by molar-refractivity contribution is 5.37. The summed E-state index contributed by atoms with van der Waals surface area (Å²) in [5.41, 5.74) is 3.76. The van der Waals surface area contributed by atoms with Crippen LogP contribution in [-0.4, -0.2) is 0 Å². The minimum Gasteiger partial charge on any atom is -0.207 e.